The van der Waals surface area contributed by atoms with Crippen molar-refractivity contribution in [2.75, 3.05) is 13.7 Å². The third kappa shape index (κ3) is 3.04. The Morgan fingerprint density at radius 2 is 2.00 bits per heavy atom. The van der Waals surface area contributed by atoms with Gasteiger partial charge in [-0.25, -0.2) is 4.98 Å². The Hall–Kier alpha value is -2.63. The highest BCUT2D eigenvalue weighted by atomic mass is 16.5. The van der Waals surface area contributed by atoms with Crippen molar-refractivity contribution in [3.05, 3.63) is 45.9 Å². The second-order valence-electron chi connectivity index (χ2n) is 6.23. The van der Waals surface area contributed by atoms with E-state index in [0.717, 1.165) is 17.0 Å². The summed E-state index contributed by atoms with van der Waals surface area (Å²) in [6.07, 6.45) is 0.598. The average molecular weight is 327 g/mol. The number of hydrogen-bond acceptors (Lipinski definition) is 4. The molecule has 0 fully saturated rings. The summed E-state index contributed by atoms with van der Waals surface area (Å²) in [7, 11) is 1.61. The molecule has 0 saturated heterocycles. The number of nitrogens with one attached hydrogen (secondary N) is 1. The molecule has 1 aromatic carbocycles. The van der Waals surface area contributed by atoms with Crippen LogP contribution in [0.3, 0.4) is 0 Å². The fraction of sp³-hybridized carbons (Fsp3) is 0.389. The summed E-state index contributed by atoms with van der Waals surface area (Å²) in [6.45, 7) is 4.67. The number of hydrogen-bond donors (Lipinski definition) is 1. The van der Waals surface area contributed by atoms with Gasteiger partial charge in [-0.05, 0) is 24.3 Å². The van der Waals surface area contributed by atoms with Gasteiger partial charge < -0.3 is 14.6 Å². The van der Waals surface area contributed by atoms with E-state index in [9.17, 15) is 9.59 Å². The molecule has 3 rings (SSSR count). The number of carbonyl (C=O) groups is 1. The van der Waals surface area contributed by atoms with Crippen molar-refractivity contribution in [1.82, 2.24) is 14.9 Å². The van der Waals surface area contributed by atoms with Crippen molar-refractivity contribution in [1.29, 1.82) is 0 Å². The zero-order valence-electron chi connectivity index (χ0n) is 14.1. The second-order valence-corrected chi connectivity index (χ2v) is 6.23. The van der Waals surface area contributed by atoms with Crippen LogP contribution < -0.4 is 10.3 Å². The number of fused-ring (bicyclic) bond motifs is 1. The molecule has 0 bridgehead atoms. The number of H-pyrrole nitrogens is 1. The van der Waals surface area contributed by atoms with Gasteiger partial charge >= 0.3 is 0 Å². The Morgan fingerprint density at radius 3 is 2.62 bits per heavy atom. The van der Waals surface area contributed by atoms with Crippen LogP contribution in [-0.2, 0) is 17.8 Å². The minimum Gasteiger partial charge on any atom is -0.497 e. The highest BCUT2D eigenvalue weighted by Crippen LogP contribution is 2.21. The maximum atomic E-state index is 12.5. The molecule has 0 unspecified atom stereocenters. The topological polar surface area (TPSA) is 75.3 Å². The Morgan fingerprint density at radius 1 is 1.29 bits per heavy atom. The van der Waals surface area contributed by atoms with Gasteiger partial charge in [0.25, 0.3) is 5.56 Å². The normalized spacial score (nSPS) is 13.8. The first-order chi connectivity index (χ1) is 11.5. The molecule has 6 nitrogen and oxygen atoms in total. The van der Waals surface area contributed by atoms with E-state index in [-0.39, 0.29) is 17.4 Å². The molecule has 2 heterocycles. The van der Waals surface area contributed by atoms with Gasteiger partial charge in [0.2, 0.25) is 5.91 Å². The van der Waals surface area contributed by atoms with Crippen LogP contribution in [0.5, 0.6) is 5.75 Å². The van der Waals surface area contributed by atoms with Gasteiger partial charge in [-0.15, -0.1) is 0 Å². The molecule has 0 spiro atoms. The number of carbonyl (C=O) groups excluding carboxylic acids is 1. The molecule has 6 heteroatoms. The van der Waals surface area contributed by atoms with Crippen molar-refractivity contribution in [2.45, 2.75) is 26.8 Å². The maximum Gasteiger partial charge on any atom is 0.256 e. The van der Waals surface area contributed by atoms with Crippen molar-refractivity contribution in [3.63, 3.8) is 0 Å². The molecule has 1 aliphatic heterocycles. The van der Waals surface area contributed by atoms with Gasteiger partial charge in [-0.2, -0.15) is 0 Å². The second kappa shape index (κ2) is 6.47. The van der Waals surface area contributed by atoms with Gasteiger partial charge in [-0.3, -0.25) is 9.59 Å². The molecule has 0 aliphatic carbocycles. The highest BCUT2D eigenvalue weighted by Gasteiger charge is 2.25. The van der Waals surface area contributed by atoms with Crippen LogP contribution in [0.2, 0.25) is 0 Å². The molecule has 1 aliphatic rings. The molecule has 24 heavy (non-hydrogen) atoms. The van der Waals surface area contributed by atoms with E-state index in [2.05, 4.69) is 9.97 Å². The van der Waals surface area contributed by atoms with E-state index in [1.54, 1.807) is 12.0 Å². The van der Waals surface area contributed by atoms with Crippen LogP contribution in [-0.4, -0.2) is 34.4 Å². The molecule has 1 aromatic heterocycles. The van der Waals surface area contributed by atoms with Gasteiger partial charge in [0.1, 0.15) is 11.6 Å². The molecular formula is C18H21N3O3. The van der Waals surface area contributed by atoms with Crippen LogP contribution in [0.25, 0.3) is 11.4 Å². The largest absolute Gasteiger partial charge is 0.497 e. The van der Waals surface area contributed by atoms with Crippen LogP contribution in [0, 0.1) is 5.92 Å². The predicted molar refractivity (Wildman–Crippen MR) is 90.8 cm³/mol. The molecule has 1 N–H and O–H groups in total. The van der Waals surface area contributed by atoms with E-state index >= 15 is 0 Å². The number of aromatic amines is 1. The number of amides is 1. The first kappa shape index (κ1) is 16.2. The molecule has 126 valence electrons. The number of methoxy groups -OCH3 is 1. The zero-order valence-corrected chi connectivity index (χ0v) is 14.1. The van der Waals surface area contributed by atoms with Crippen LogP contribution in [0.4, 0.5) is 0 Å². The van der Waals surface area contributed by atoms with Gasteiger partial charge in [0, 0.05) is 24.4 Å². The summed E-state index contributed by atoms with van der Waals surface area (Å²) >= 11 is 0. The Labute approximate surface area is 140 Å². The quantitative estimate of drug-likeness (QED) is 0.935. The molecule has 0 radical (unpaired) electrons. The van der Waals surface area contributed by atoms with Gasteiger partial charge in [0.15, 0.2) is 0 Å². The van der Waals surface area contributed by atoms with E-state index in [0.29, 0.717) is 30.9 Å². The summed E-state index contributed by atoms with van der Waals surface area (Å²) in [6, 6.07) is 7.39. The SMILES string of the molecule is COc1ccc(-c2nc3c(c(=O)[nH]2)CN(C(=O)C(C)C)CC3)cc1. The Bertz CT molecular complexity index is 809. The van der Waals surface area contributed by atoms with Crippen LogP contribution in [0.15, 0.2) is 29.1 Å². The zero-order chi connectivity index (χ0) is 17.3. The summed E-state index contributed by atoms with van der Waals surface area (Å²) in [5.41, 5.74) is 2.02. The standard InChI is InChI=1S/C18H21N3O3/c1-11(2)18(23)21-9-8-15-14(10-21)17(22)20-16(19-15)12-4-6-13(24-3)7-5-12/h4-7,11H,8-10H2,1-3H3,(H,19,20,22). The molecule has 0 atom stereocenters. The summed E-state index contributed by atoms with van der Waals surface area (Å²) in [5.74, 6) is 1.29. The van der Waals surface area contributed by atoms with E-state index in [1.807, 2.05) is 38.1 Å². The Kier molecular flexibility index (Phi) is 4.38. The predicted octanol–water partition coefficient (Wildman–Crippen LogP) is 1.99. The average Bonchev–Trinajstić information content (AvgIpc) is 2.60. The fourth-order valence-corrected chi connectivity index (χ4v) is 2.86. The first-order valence-electron chi connectivity index (χ1n) is 8.05. The lowest BCUT2D eigenvalue weighted by Crippen LogP contribution is -2.41. The van der Waals surface area contributed by atoms with Crippen LogP contribution in [0.1, 0.15) is 25.1 Å². The molecule has 1 amide bonds. The Balaban J connectivity index is 1.92. The van der Waals surface area contributed by atoms with Crippen molar-refractivity contribution in [3.8, 4) is 17.1 Å². The monoisotopic (exact) mass is 327 g/mol. The molecule has 0 saturated carbocycles. The first-order valence-corrected chi connectivity index (χ1v) is 8.05. The number of nitrogens with zero attached hydrogens (tertiary/aromatic N) is 2. The lowest BCUT2D eigenvalue weighted by Gasteiger charge is -2.29. The number of ether oxygens (including phenoxy) is 1. The smallest absolute Gasteiger partial charge is 0.256 e. The van der Waals surface area contributed by atoms with E-state index < -0.39 is 0 Å². The summed E-state index contributed by atoms with van der Waals surface area (Å²) in [5, 5.41) is 0. The summed E-state index contributed by atoms with van der Waals surface area (Å²) < 4.78 is 5.14. The number of benzene rings is 1. The molecule has 2 aromatic rings. The van der Waals surface area contributed by atoms with E-state index in [1.165, 1.54) is 0 Å². The third-order valence-electron chi connectivity index (χ3n) is 4.24. The summed E-state index contributed by atoms with van der Waals surface area (Å²) in [4.78, 5) is 33.8. The maximum absolute atomic E-state index is 12.5. The highest BCUT2D eigenvalue weighted by molar-refractivity contribution is 5.78. The fourth-order valence-electron chi connectivity index (χ4n) is 2.86. The van der Waals surface area contributed by atoms with Gasteiger partial charge in [-0.1, -0.05) is 13.8 Å². The lowest BCUT2D eigenvalue weighted by molar-refractivity contribution is -0.135. The minimum absolute atomic E-state index is 0.0688. The van der Waals surface area contributed by atoms with Crippen molar-refractivity contribution < 1.29 is 9.53 Å². The molecular weight excluding hydrogens is 306 g/mol. The van der Waals surface area contributed by atoms with Crippen LogP contribution >= 0.6 is 0 Å². The number of rotatable bonds is 3. The van der Waals surface area contributed by atoms with Crippen molar-refractivity contribution >= 4 is 5.91 Å². The van der Waals surface area contributed by atoms with Crippen molar-refractivity contribution in [2.24, 2.45) is 5.92 Å². The van der Waals surface area contributed by atoms with Gasteiger partial charge in [0.05, 0.1) is 24.9 Å². The van der Waals surface area contributed by atoms with E-state index in [4.69, 9.17) is 4.74 Å². The number of aromatic nitrogens is 2. The third-order valence-corrected chi connectivity index (χ3v) is 4.24. The lowest BCUT2D eigenvalue weighted by atomic mass is 10.0. The minimum atomic E-state index is -0.174.